The molecular formula is C13H20F4O2. The highest BCUT2D eigenvalue weighted by Gasteiger charge is 2.41. The van der Waals surface area contributed by atoms with Crippen molar-refractivity contribution in [2.24, 2.45) is 11.8 Å². The van der Waals surface area contributed by atoms with E-state index in [1.54, 1.807) is 0 Å². The molecule has 1 fully saturated rings. The van der Waals surface area contributed by atoms with Gasteiger partial charge in [0.05, 0.1) is 0 Å². The first-order valence-electron chi connectivity index (χ1n) is 6.63. The predicted octanol–water partition coefficient (Wildman–Crippen LogP) is 3.69. The van der Waals surface area contributed by atoms with Gasteiger partial charge >= 0.3 is 12.3 Å². The molecule has 0 spiro atoms. The number of halogens is 4. The average molecular weight is 284 g/mol. The van der Waals surface area contributed by atoms with Gasteiger partial charge in [-0.25, -0.2) is 8.78 Å². The summed E-state index contributed by atoms with van der Waals surface area (Å²) in [6, 6.07) is 0. The second-order valence-electron chi connectivity index (χ2n) is 5.16. The second-order valence-corrected chi connectivity index (χ2v) is 5.16. The fourth-order valence-corrected chi connectivity index (χ4v) is 2.42. The number of hydrogen-bond acceptors (Lipinski definition) is 2. The summed E-state index contributed by atoms with van der Waals surface area (Å²) in [5.41, 5.74) is 0. The first kappa shape index (κ1) is 16.4. The molecule has 0 radical (unpaired) electrons. The molecule has 1 rings (SSSR count). The lowest BCUT2D eigenvalue weighted by Gasteiger charge is -2.27. The molecule has 1 aliphatic carbocycles. The molecule has 0 aromatic rings. The summed E-state index contributed by atoms with van der Waals surface area (Å²) in [4.78, 5) is 11.8. The van der Waals surface area contributed by atoms with Crippen LogP contribution in [-0.2, 0) is 9.53 Å². The molecule has 0 aromatic heterocycles. The van der Waals surface area contributed by atoms with E-state index in [9.17, 15) is 22.4 Å². The predicted molar refractivity (Wildman–Crippen MR) is 62.5 cm³/mol. The van der Waals surface area contributed by atoms with E-state index in [4.69, 9.17) is 0 Å². The van der Waals surface area contributed by atoms with Crippen LogP contribution in [0.2, 0.25) is 0 Å². The van der Waals surface area contributed by atoms with Crippen LogP contribution in [0.15, 0.2) is 0 Å². The van der Waals surface area contributed by atoms with Crippen molar-refractivity contribution in [2.45, 2.75) is 51.4 Å². The van der Waals surface area contributed by atoms with E-state index in [-0.39, 0.29) is 11.7 Å². The molecule has 19 heavy (non-hydrogen) atoms. The number of Topliss-reactive ketones (excluding diaryl/α,β-unsaturated/α-hetero) is 1. The van der Waals surface area contributed by atoms with Crippen molar-refractivity contribution in [3.05, 3.63) is 0 Å². The Morgan fingerprint density at radius 3 is 2.63 bits per heavy atom. The van der Waals surface area contributed by atoms with Gasteiger partial charge < -0.3 is 4.74 Å². The molecule has 0 aromatic carbocycles. The third-order valence-corrected chi connectivity index (χ3v) is 3.67. The first-order valence-corrected chi connectivity index (χ1v) is 6.63. The molecule has 0 aliphatic heterocycles. The first-order chi connectivity index (χ1) is 8.86. The molecule has 2 nitrogen and oxygen atoms in total. The number of carbonyl (C=O) groups is 1. The number of alkyl halides is 4. The number of hydrogen-bond donors (Lipinski definition) is 0. The summed E-state index contributed by atoms with van der Waals surface area (Å²) in [7, 11) is 0. The van der Waals surface area contributed by atoms with Crippen LogP contribution in [0, 0.1) is 11.8 Å². The molecule has 1 saturated carbocycles. The third kappa shape index (κ3) is 5.09. The van der Waals surface area contributed by atoms with E-state index >= 15 is 0 Å². The van der Waals surface area contributed by atoms with E-state index in [1.807, 2.05) is 0 Å². The molecule has 0 N–H and O–H groups in total. The quantitative estimate of drug-likeness (QED) is 0.666. The minimum absolute atomic E-state index is 0.168. The molecule has 0 saturated heterocycles. The second kappa shape index (κ2) is 7.22. The molecule has 0 heterocycles. The van der Waals surface area contributed by atoms with Gasteiger partial charge in [-0.2, -0.15) is 8.78 Å². The van der Waals surface area contributed by atoms with Gasteiger partial charge in [-0.3, -0.25) is 4.79 Å². The summed E-state index contributed by atoms with van der Waals surface area (Å²) in [5, 5.41) is 0. The van der Waals surface area contributed by atoms with Crippen LogP contribution >= 0.6 is 0 Å². The van der Waals surface area contributed by atoms with Crippen LogP contribution in [0.25, 0.3) is 0 Å². The lowest BCUT2D eigenvalue weighted by molar-refractivity contribution is -0.169. The Bertz CT molecular complexity index is 294. The molecule has 2 unspecified atom stereocenters. The maximum absolute atomic E-state index is 12.6. The Hall–Kier alpha value is -0.650. The van der Waals surface area contributed by atoms with Gasteiger partial charge in [-0.1, -0.05) is 26.2 Å². The number of rotatable bonds is 7. The topological polar surface area (TPSA) is 26.3 Å². The Morgan fingerprint density at radius 1 is 1.37 bits per heavy atom. The Morgan fingerprint density at radius 2 is 2.05 bits per heavy atom. The molecule has 0 bridgehead atoms. The zero-order valence-corrected chi connectivity index (χ0v) is 11.0. The van der Waals surface area contributed by atoms with E-state index < -0.39 is 25.6 Å². The van der Waals surface area contributed by atoms with Crippen LogP contribution in [0.3, 0.4) is 0 Å². The Balaban J connectivity index is 2.31. The normalized spacial score (nSPS) is 24.7. The van der Waals surface area contributed by atoms with Gasteiger partial charge in [0.15, 0.2) is 5.78 Å². The number of ketones is 1. The molecule has 1 aliphatic rings. The summed E-state index contributed by atoms with van der Waals surface area (Å²) >= 11 is 0. The summed E-state index contributed by atoms with van der Waals surface area (Å²) in [6.07, 6.45) is 0.760. The maximum atomic E-state index is 12.6. The van der Waals surface area contributed by atoms with Crippen molar-refractivity contribution < 1.29 is 27.1 Å². The van der Waals surface area contributed by atoms with Crippen LogP contribution in [0.4, 0.5) is 17.6 Å². The largest absolute Gasteiger partial charge is 0.367 e. The number of ether oxygens (including phenoxy) is 1. The van der Waals surface area contributed by atoms with Crippen LogP contribution in [0.1, 0.15) is 39.0 Å². The highest BCUT2D eigenvalue weighted by atomic mass is 19.3. The van der Waals surface area contributed by atoms with E-state index in [1.165, 1.54) is 0 Å². The molecule has 6 heteroatoms. The van der Waals surface area contributed by atoms with Crippen LogP contribution in [0.5, 0.6) is 0 Å². The van der Waals surface area contributed by atoms with Crippen molar-refractivity contribution in [1.82, 2.24) is 0 Å². The van der Waals surface area contributed by atoms with Crippen molar-refractivity contribution in [1.29, 1.82) is 0 Å². The van der Waals surface area contributed by atoms with E-state index in [2.05, 4.69) is 11.7 Å². The van der Waals surface area contributed by atoms with Gasteiger partial charge in [0.2, 0.25) is 0 Å². The lowest BCUT2D eigenvalue weighted by Crippen LogP contribution is -2.34. The minimum atomic E-state index is -4.18. The smallest absolute Gasteiger partial charge is 0.330 e. The fourth-order valence-electron chi connectivity index (χ4n) is 2.42. The molecule has 2 atom stereocenters. The highest BCUT2D eigenvalue weighted by molar-refractivity contribution is 5.82. The summed E-state index contributed by atoms with van der Waals surface area (Å²) in [6.45, 7) is 0.154. The Kier molecular flexibility index (Phi) is 6.23. The summed E-state index contributed by atoms with van der Waals surface area (Å²) < 4.78 is 53.4. The van der Waals surface area contributed by atoms with Gasteiger partial charge in [0.25, 0.3) is 0 Å². The zero-order chi connectivity index (χ0) is 14.5. The fraction of sp³-hybridized carbons (Fsp3) is 0.923. The summed E-state index contributed by atoms with van der Waals surface area (Å²) in [5.74, 6) is -4.11. The maximum Gasteiger partial charge on any atom is 0.330 e. The SMILES string of the molecule is CCC1CCCC(C(=O)COCC(F)(F)C(F)F)C1. The average Bonchev–Trinajstić information content (AvgIpc) is 2.38. The van der Waals surface area contributed by atoms with Crippen LogP contribution in [-0.4, -0.2) is 31.3 Å². The monoisotopic (exact) mass is 284 g/mol. The van der Waals surface area contributed by atoms with Gasteiger partial charge in [0.1, 0.15) is 13.2 Å². The van der Waals surface area contributed by atoms with Crippen molar-refractivity contribution in [2.75, 3.05) is 13.2 Å². The lowest BCUT2D eigenvalue weighted by atomic mass is 9.78. The standard InChI is InChI=1S/C13H20F4O2/c1-2-9-4-3-5-10(6-9)11(18)7-19-8-13(16,17)12(14)15/h9-10,12H,2-8H2,1H3. The molecular weight excluding hydrogens is 264 g/mol. The van der Waals surface area contributed by atoms with Crippen molar-refractivity contribution in [3.8, 4) is 0 Å². The van der Waals surface area contributed by atoms with Gasteiger partial charge in [-0.05, 0) is 18.8 Å². The minimum Gasteiger partial charge on any atom is -0.367 e. The Labute approximate surface area is 110 Å². The molecule has 0 amide bonds. The zero-order valence-electron chi connectivity index (χ0n) is 11.0. The van der Waals surface area contributed by atoms with E-state index in [0.717, 1.165) is 32.1 Å². The van der Waals surface area contributed by atoms with Crippen molar-refractivity contribution in [3.63, 3.8) is 0 Å². The number of carbonyl (C=O) groups excluding carboxylic acids is 1. The van der Waals surface area contributed by atoms with Crippen LogP contribution < -0.4 is 0 Å². The van der Waals surface area contributed by atoms with Crippen molar-refractivity contribution >= 4 is 5.78 Å². The van der Waals surface area contributed by atoms with Gasteiger partial charge in [0, 0.05) is 5.92 Å². The van der Waals surface area contributed by atoms with Gasteiger partial charge in [-0.15, -0.1) is 0 Å². The van der Waals surface area contributed by atoms with E-state index in [0.29, 0.717) is 5.92 Å². The highest BCUT2D eigenvalue weighted by Crippen LogP contribution is 2.31. The molecule has 112 valence electrons. The third-order valence-electron chi connectivity index (χ3n) is 3.67.